The summed E-state index contributed by atoms with van der Waals surface area (Å²) in [7, 11) is 1.18. The molecule has 0 rings (SSSR count). The lowest BCUT2D eigenvalue weighted by Crippen LogP contribution is -2.28. The van der Waals surface area contributed by atoms with Crippen LogP contribution in [0.15, 0.2) is 12.2 Å². The van der Waals surface area contributed by atoms with Gasteiger partial charge in [-0.05, 0) is 7.05 Å². The monoisotopic (exact) mass is 260 g/mol. The molecule has 5 nitrogen and oxygen atoms in total. The minimum absolute atomic E-state index is 0.229. The average Bonchev–Trinajstić information content (AvgIpc) is 2.14. The Morgan fingerprint density at radius 1 is 1.56 bits per heavy atom. The molecule has 0 amide bonds. The molecule has 0 aromatic carbocycles. The van der Waals surface area contributed by atoms with Crippen molar-refractivity contribution in [3.63, 3.8) is 0 Å². The van der Waals surface area contributed by atoms with Crippen molar-refractivity contribution in [2.45, 2.75) is 6.18 Å². The zero-order valence-corrected chi connectivity index (χ0v) is 9.06. The van der Waals surface area contributed by atoms with Gasteiger partial charge < -0.3 is 9.29 Å². The van der Waals surface area contributed by atoms with E-state index < -0.39 is 35.6 Å². The number of likely N-dealkylation sites (N-methyl/N-ethyl adjacent to an activating group) is 1. The van der Waals surface area contributed by atoms with Crippen molar-refractivity contribution in [1.82, 2.24) is 4.31 Å². The van der Waals surface area contributed by atoms with Gasteiger partial charge in [-0.25, -0.2) is 9.10 Å². The van der Waals surface area contributed by atoms with Gasteiger partial charge in [-0.15, -0.1) is 0 Å². The maximum Gasteiger partial charge on any atom is 0.422 e. The number of halogens is 3. The van der Waals surface area contributed by atoms with Crippen LogP contribution in [-0.2, 0) is 20.8 Å². The highest BCUT2D eigenvalue weighted by molar-refractivity contribution is 7.76. The molecule has 0 spiro atoms. The van der Waals surface area contributed by atoms with E-state index >= 15 is 0 Å². The molecule has 9 heteroatoms. The van der Waals surface area contributed by atoms with Gasteiger partial charge in [0.15, 0.2) is 0 Å². The maximum absolute atomic E-state index is 11.9. The Morgan fingerprint density at radius 3 is 2.44 bits per heavy atom. The Morgan fingerprint density at radius 2 is 2.06 bits per heavy atom. The average molecular weight is 260 g/mol. The molecule has 0 aromatic rings. The molecule has 0 heterocycles. The molecule has 0 aliphatic rings. The van der Waals surface area contributed by atoms with Gasteiger partial charge >= 0.3 is 12.1 Å². The number of carbonyl (C=O) groups excluding carboxylic acids is 1. The second-order valence-electron chi connectivity index (χ2n) is 2.68. The smallest absolute Gasteiger partial charge is 0.422 e. The van der Waals surface area contributed by atoms with Crippen LogP contribution in [0.3, 0.4) is 0 Å². The zero-order valence-electron chi connectivity index (χ0n) is 8.24. The second-order valence-corrected chi connectivity index (χ2v) is 3.74. The molecule has 0 saturated heterocycles. The van der Waals surface area contributed by atoms with Crippen LogP contribution in [0.2, 0.25) is 0 Å². The van der Waals surface area contributed by atoms with Crippen molar-refractivity contribution in [1.29, 1.82) is 0 Å². The Bertz CT molecular complexity index is 304. The fraction of sp³-hybridized carbons (Fsp3) is 0.571. The lowest BCUT2D eigenvalue weighted by molar-refractivity contribution is -0.150. The molecule has 0 bridgehead atoms. The van der Waals surface area contributed by atoms with Crippen LogP contribution < -0.4 is 0 Å². The third kappa shape index (κ3) is 5.24. The van der Waals surface area contributed by atoms with E-state index in [9.17, 15) is 26.7 Å². The lowest BCUT2D eigenvalue weighted by Gasteiger charge is -2.18. The van der Waals surface area contributed by atoms with E-state index in [0.717, 1.165) is 4.31 Å². The minimum atomic E-state index is -4.84. The zero-order chi connectivity index (χ0) is 12.9. The summed E-state index contributed by atoms with van der Waals surface area (Å²) in [6.07, 6.45) is -4.84. The molecule has 0 aliphatic heterocycles. The molecular weight excluding hydrogens is 251 g/mol. The second kappa shape index (κ2) is 5.97. The number of alkyl halides is 3. The summed E-state index contributed by atoms with van der Waals surface area (Å²) in [5.74, 6) is -1.61. The lowest BCUT2D eigenvalue weighted by atomic mass is 10.3. The molecular formula is C7H9F3NO4S-. The fourth-order valence-corrected chi connectivity index (χ4v) is 0.768. The highest BCUT2D eigenvalue weighted by Gasteiger charge is 2.37. The first-order chi connectivity index (χ1) is 7.16. The standard InChI is InChI=1S/C7H10F3NO4S/c1-5(7(8,9)10)6(12)15-4-3-11(2)16(13)14/h1,3-4H2,2H3,(H,13,14)/p-1. The van der Waals surface area contributed by atoms with E-state index in [1.807, 2.05) is 0 Å². The van der Waals surface area contributed by atoms with E-state index in [-0.39, 0.29) is 6.54 Å². The van der Waals surface area contributed by atoms with Crippen LogP contribution in [0.25, 0.3) is 0 Å². The van der Waals surface area contributed by atoms with Crippen molar-refractivity contribution in [2.75, 3.05) is 20.2 Å². The minimum Gasteiger partial charge on any atom is -0.760 e. The molecule has 0 N–H and O–H groups in total. The Balaban J connectivity index is 4.01. The van der Waals surface area contributed by atoms with Crippen LogP contribution in [0.1, 0.15) is 0 Å². The third-order valence-corrected chi connectivity index (χ3v) is 2.17. The summed E-state index contributed by atoms with van der Waals surface area (Å²) in [5.41, 5.74) is -1.63. The molecule has 0 aromatic heterocycles. The van der Waals surface area contributed by atoms with Crippen LogP contribution in [-0.4, -0.2) is 45.4 Å². The summed E-state index contributed by atoms with van der Waals surface area (Å²) < 4.78 is 61.2. The molecule has 1 atom stereocenters. The number of hydrogen-bond acceptors (Lipinski definition) is 4. The van der Waals surface area contributed by atoms with Gasteiger partial charge in [-0.1, -0.05) is 6.58 Å². The Labute approximate surface area is 92.3 Å². The van der Waals surface area contributed by atoms with Gasteiger partial charge in [-0.3, -0.25) is 4.21 Å². The Kier molecular flexibility index (Phi) is 5.62. The van der Waals surface area contributed by atoms with Gasteiger partial charge in [0.05, 0.1) is 0 Å². The van der Waals surface area contributed by atoms with Crippen molar-refractivity contribution in [3.05, 3.63) is 12.2 Å². The molecule has 0 aliphatic carbocycles. The number of carbonyl (C=O) groups is 1. The first kappa shape index (κ1) is 15.1. The third-order valence-electron chi connectivity index (χ3n) is 1.48. The van der Waals surface area contributed by atoms with E-state index in [4.69, 9.17) is 0 Å². The van der Waals surface area contributed by atoms with Crippen LogP contribution in [0.5, 0.6) is 0 Å². The summed E-state index contributed by atoms with van der Waals surface area (Å²) in [6.45, 7) is 1.82. The number of hydrogen-bond donors (Lipinski definition) is 0. The van der Waals surface area contributed by atoms with Gasteiger partial charge in [0, 0.05) is 17.8 Å². The largest absolute Gasteiger partial charge is 0.760 e. The van der Waals surface area contributed by atoms with Crippen LogP contribution in [0.4, 0.5) is 13.2 Å². The van der Waals surface area contributed by atoms with Crippen LogP contribution in [0, 0.1) is 0 Å². The van der Waals surface area contributed by atoms with E-state index in [1.165, 1.54) is 7.05 Å². The number of rotatable bonds is 5. The SMILES string of the molecule is C=C(C(=O)OCCN(C)S(=O)[O-])C(F)(F)F. The molecule has 0 fully saturated rings. The molecule has 0 radical (unpaired) electrons. The first-order valence-electron chi connectivity index (χ1n) is 3.90. The van der Waals surface area contributed by atoms with Crippen molar-refractivity contribution < 1.29 is 31.5 Å². The molecule has 1 unspecified atom stereocenters. The summed E-state index contributed by atoms with van der Waals surface area (Å²) in [5, 5.41) is 0. The molecule has 0 saturated carbocycles. The van der Waals surface area contributed by atoms with E-state index in [2.05, 4.69) is 11.3 Å². The summed E-state index contributed by atoms with van der Waals surface area (Å²) in [4.78, 5) is 10.7. The van der Waals surface area contributed by atoms with Gasteiger partial charge in [0.1, 0.15) is 12.2 Å². The first-order valence-corrected chi connectivity index (χ1v) is 4.93. The number of nitrogens with zero attached hydrogens (tertiary/aromatic N) is 1. The van der Waals surface area contributed by atoms with Gasteiger partial charge in [-0.2, -0.15) is 13.2 Å². The van der Waals surface area contributed by atoms with Crippen molar-refractivity contribution in [3.8, 4) is 0 Å². The van der Waals surface area contributed by atoms with Crippen molar-refractivity contribution in [2.24, 2.45) is 0 Å². The highest BCUT2D eigenvalue weighted by Crippen LogP contribution is 2.24. The quantitative estimate of drug-likeness (QED) is 0.407. The predicted molar refractivity (Wildman–Crippen MR) is 47.7 cm³/mol. The number of esters is 1. The predicted octanol–water partition coefficient (Wildman–Crippen LogP) is 0.374. The maximum atomic E-state index is 11.9. The van der Waals surface area contributed by atoms with Crippen molar-refractivity contribution >= 4 is 17.2 Å². The normalized spacial score (nSPS) is 13.6. The summed E-state index contributed by atoms with van der Waals surface area (Å²) >= 11 is -2.51. The van der Waals surface area contributed by atoms with Crippen LogP contribution >= 0.6 is 0 Å². The van der Waals surface area contributed by atoms with Gasteiger partial charge in [0.25, 0.3) is 0 Å². The van der Waals surface area contributed by atoms with E-state index in [1.54, 1.807) is 0 Å². The highest BCUT2D eigenvalue weighted by atomic mass is 32.2. The summed E-state index contributed by atoms with van der Waals surface area (Å²) in [6, 6.07) is 0. The topological polar surface area (TPSA) is 69.7 Å². The Hall–Kier alpha value is -0.930. The van der Waals surface area contributed by atoms with E-state index in [0.29, 0.717) is 0 Å². The fourth-order valence-electron chi connectivity index (χ4n) is 0.544. The molecule has 94 valence electrons. The number of ether oxygens (including phenoxy) is 1. The molecule has 16 heavy (non-hydrogen) atoms. The van der Waals surface area contributed by atoms with Gasteiger partial charge in [0.2, 0.25) is 0 Å².